The molecule has 1 saturated heterocycles. The van der Waals surface area contributed by atoms with Crippen molar-refractivity contribution in [2.75, 3.05) is 13.2 Å². The van der Waals surface area contributed by atoms with Gasteiger partial charge in [0.25, 0.3) is 0 Å². The van der Waals surface area contributed by atoms with Crippen LogP contribution < -0.4 is 5.73 Å². The minimum absolute atomic E-state index is 0.0956. The quantitative estimate of drug-likeness (QED) is 0.716. The molecular weight excluding hydrogens is 300 g/mol. The van der Waals surface area contributed by atoms with Crippen LogP contribution in [0.15, 0.2) is 0 Å². The second-order valence-corrected chi connectivity index (χ2v) is 6.48. The van der Waals surface area contributed by atoms with Crippen molar-refractivity contribution >= 4 is 17.8 Å². The molecule has 1 aliphatic carbocycles. The Kier molecular flexibility index (Phi) is 5.62. The fraction of sp³-hybridized carbons (Fsp3) is 0.812. The van der Waals surface area contributed by atoms with E-state index >= 15 is 0 Å². The summed E-state index contributed by atoms with van der Waals surface area (Å²) in [6.45, 7) is 1.98. The summed E-state index contributed by atoms with van der Waals surface area (Å²) in [7, 11) is 0. The molecule has 2 aliphatic rings. The maximum absolute atomic E-state index is 12.9. The van der Waals surface area contributed by atoms with Crippen LogP contribution in [0.25, 0.3) is 0 Å². The fourth-order valence-electron chi connectivity index (χ4n) is 3.87. The first-order valence-electron chi connectivity index (χ1n) is 8.41. The van der Waals surface area contributed by atoms with E-state index in [2.05, 4.69) is 0 Å². The van der Waals surface area contributed by atoms with E-state index in [0.29, 0.717) is 18.8 Å². The monoisotopic (exact) mass is 326 g/mol. The highest BCUT2D eigenvalue weighted by molar-refractivity contribution is 6.12. The predicted molar refractivity (Wildman–Crippen MR) is 82.9 cm³/mol. The first kappa shape index (κ1) is 17.7. The van der Waals surface area contributed by atoms with Gasteiger partial charge in [-0.1, -0.05) is 25.7 Å². The average molecular weight is 326 g/mol. The molecule has 23 heavy (non-hydrogen) atoms. The smallest absolute Gasteiger partial charge is 0.411 e. The Bertz CT molecular complexity index is 475. The molecule has 1 amide bonds. The van der Waals surface area contributed by atoms with Crippen molar-refractivity contribution < 1.29 is 24.2 Å². The van der Waals surface area contributed by atoms with Gasteiger partial charge in [0.2, 0.25) is 5.54 Å². The molecule has 0 radical (unpaired) electrons. The lowest BCUT2D eigenvalue weighted by molar-refractivity contribution is -0.155. The van der Waals surface area contributed by atoms with E-state index in [1.54, 1.807) is 6.92 Å². The average Bonchev–Trinajstić information content (AvgIpc) is 3.16. The number of carbonyl (C=O) groups is 3. The van der Waals surface area contributed by atoms with E-state index in [0.717, 1.165) is 30.6 Å². The normalized spacial score (nSPS) is 26.3. The molecule has 130 valence electrons. The van der Waals surface area contributed by atoms with Crippen molar-refractivity contribution in [1.29, 1.82) is 0 Å². The number of carbonyl (C=O) groups excluding carboxylic acids is 2. The van der Waals surface area contributed by atoms with Crippen LogP contribution in [0.2, 0.25) is 0 Å². The molecule has 1 aliphatic heterocycles. The highest BCUT2D eigenvalue weighted by Crippen LogP contribution is 2.35. The number of hydrogen-bond donors (Lipinski definition) is 2. The number of hydrogen-bond acceptors (Lipinski definition) is 5. The zero-order valence-corrected chi connectivity index (χ0v) is 13.6. The minimum atomic E-state index is -1.87. The first-order chi connectivity index (χ1) is 10.9. The number of amides is 1. The molecule has 0 aromatic carbocycles. The molecule has 3 N–H and O–H groups in total. The lowest BCUT2D eigenvalue weighted by atomic mass is 9.83. The van der Waals surface area contributed by atoms with Crippen LogP contribution in [-0.4, -0.2) is 52.6 Å². The molecule has 0 aromatic heterocycles. The number of carboxylic acids is 1. The minimum Gasteiger partial charge on any atom is -0.479 e. The van der Waals surface area contributed by atoms with E-state index in [4.69, 9.17) is 10.5 Å². The zero-order valence-electron chi connectivity index (χ0n) is 13.6. The Morgan fingerprint density at radius 1 is 1.30 bits per heavy atom. The van der Waals surface area contributed by atoms with Gasteiger partial charge in [0.15, 0.2) is 5.78 Å². The van der Waals surface area contributed by atoms with Gasteiger partial charge in [0.05, 0.1) is 12.6 Å². The fourth-order valence-corrected chi connectivity index (χ4v) is 3.87. The molecule has 0 bridgehead atoms. The maximum Gasteiger partial charge on any atom is 0.411 e. The van der Waals surface area contributed by atoms with E-state index in [1.807, 2.05) is 0 Å². The third-order valence-electron chi connectivity index (χ3n) is 5.03. The van der Waals surface area contributed by atoms with Crippen LogP contribution >= 0.6 is 0 Å². The SMILES string of the molecule is CCOC(=O)N1CCC[C@]1(C(=O)O)C(=O)[C@H](N)CC1CCCC1. The van der Waals surface area contributed by atoms with Crippen LogP contribution in [0.3, 0.4) is 0 Å². The van der Waals surface area contributed by atoms with Gasteiger partial charge >= 0.3 is 12.1 Å². The summed E-state index contributed by atoms with van der Waals surface area (Å²) in [6.07, 6.45) is 4.60. The topological polar surface area (TPSA) is 110 Å². The molecule has 1 saturated carbocycles. The van der Waals surface area contributed by atoms with Crippen molar-refractivity contribution in [2.24, 2.45) is 11.7 Å². The van der Waals surface area contributed by atoms with Crippen LogP contribution in [-0.2, 0) is 14.3 Å². The van der Waals surface area contributed by atoms with Gasteiger partial charge in [-0.15, -0.1) is 0 Å². The maximum atomic E-state index is 12.9. The summed E-state index contributed by atoms with van der Waals surface area (Å²) < 4.78 is 4.93. The Balaban J connectivity index is 2.19. The van der Waals surface area contributed by atoms with Gasteiger partial charge in [0, 0.05) is 6.54 Å². The molecule has 0 spiro atoms. The van der Waals surface area contributed by atoms with Crippen LogP contribution in [0.4, 0.5) is 4.79 Å². The molecule has 2 fully saturated rings. The largest absolute Gasteiger partial charge is 0.479 e. The van der Waals surface area contributed by atoms with Gasteiger partial charge in [-0.2, -0.15) is 0 Å². The van der Waals surface area contributed by atoms with Crippen molar-refractivity contribution in [3.63, 3.8) is 0 Å². The number of aliphatic carboxylic acids is 1. The number of rotatable bonds is 6. The summed E-state index contributed by atoms with van der Waals surface area (Å²) in [5.41, 5.74) is 4.17. The molecule has 0 aromatic rings. The van der Waals surface area contributed by atoms with E-state index in [9.17, 15) is 19.5 Å². The number of carboxylic acid groups (broad SMARTS) is 1. The third-order valence-corrected chi connectivity index (χ3v) is 5.03. The van der Waals surface area contributed by atoms with E-state index in [1.165, 1.54) is 0 Å². The summed E-state index contributed by atoms with van der Waals surface area (Å²) >= 11 is 0. The van der Waals surface area contributed by atoms with Gasteiger partial charge in [-0.25, -0.2) is 9.59 Å². The Hall–Kier alpha value is -1.63. The Morgan fingerprint density at radius 2 is 1.96 bits per heavy atom. The standard InChI is InChI=1S/C16H26N2O5/c1-2-23-15(22)18-9-5-8-16(18,14(20)21)13(19)12(17)10-11-6-3-4-7-11/h11-12H,2-10,17H2,1H3,(H,20,21)/t12-,16-/m1/s1. The van der Waals surface area contributed by atoms with Gasteiger partial charge in [-0.3, -0.25) is 9.69 Å². The second kappa shape index (κ2) is 7.29. The van der Waals surface area contributed by atoms with Crippen molar-refractivity contribution in [1.82, 2.24) is 4.90 Å². The van der Waals surface area contributed by atoms with Gasteiger partial charge in [-0.05, 0) is 32.1 Å². The number of nitrogens with two attached hydrogens (primary N) is 1. The number of ketones is 1. The molecule has 7 heteroatoms. The molecule has 2 atom stereocenters. The predicted octanol–water partition coefficient (Wildman–Crippen LogP) is 1.54. The third kappa shape index (κ3) is 3.34. The lowest BCUT2D eigenvalue weighted by Crippen LogP contribution is -2.62. The highest BCUT2D eigenvalue weighted by Gasteiger charge is 2.57. The first-order valence-corrected chi connectivity index (χ1v) is 8.41. The Morgan fingerprint density at radius 3 is 2.52 bits per heavy atom. The highest BCUT2D eigenvalue weighted by atomic mass is 16.6. The van der Waals surface area contributed by atoms with E-state index < -0.39 is 29.4 Å². The Labute approximate surface area is 136 Å². The molecule has 2 rings (SSSR count). The number of ether oxygens (including phenoxy) is 1. The summed E-state index contributed by atoms with van der Waals surface area (Å²) in [4.78, 5) is 37.9. The summed E-state index contributed by atoms with van der Waals surface area (Å²) in [6, 6.07) is -0.857. The molecular formula is C16H26N2O5. The van der Waals surface area contributed by atoms with Crippen molar-refractivity contribution in [3.05, 3.63) is 0 Å². The van der Waals surface area contributed by atoms with Gasteiger partial charge < -0.3 is 15.6 Å². The summed E-state index contributed by atoms with van der Waals surface area (Å²) in [5, 5.41) is 9.71. The van der Waals surface area contributed by atoms with E-state index in [-0.39, 0.29) is 19.6 Å². The zero-order chi connectivity index (χ0) is 17.0. The van der Waals surface area contributed by atoms with Gasteiger partial charge in [0.1, 0.15) is 0 Å². The van der Waals surface area contributed by atoms with Crippen molar-refractivity contribution in [3.8, 4) is 0 Å². The van der Waals surface area contributed by atoms with Crippen molar-refractivity contribution in [2.45, 2.75) is 63.5 Å². The molecule has 0 unspecified atom stereocenters. The van der Waals surface area contributed by atoms with Crippen LogP contribution in [0.1, 0.15) is 51.9 Å². The lowest BCUT2D eigenvalue weighted by Gasteiger charge is -2.34. The second-order valence-electron chi connectivity index (χ2n) is 6.48. The summed E-state index contributed by atoms with van der Waals surface area (Å²) in [5.74, 6) is -1.50. The number of nitrogens with zero attached hydrogens (tertiary/aromatic N) is 1. The molecule has 1 heterocycles. The van der Waals surface area contributed by atoms with Crippen LogP contribution in [0, 0.1) is 5.92 Å². The molecule has 7 nitrogen and oxygen atoms in total. The number of likely N-dealkylation sites (tertiary alicyclic amines) is 1. The van der Waals surface area contributed by atoms with Crippen LogP contribution in [0.5, 0.6) is 0 Å². The number of Topliss-reactive ketones (excluding diaryl/α,β-unsaturated/α-hetero) is 1.